The predicted molar refractivity (Wildman–Crippen MR) is 109 cm³/mol. The number of hydrogen-bond donors (Lipinski definition) is 1. The van der Waals surface area contributed by atoms with Crippen molar-refractivity contribution >= 4 is 40.5 Å². The first-order valence-corrected chi connectivity index (χ1v) is 10.1. The number of nitrogens with zero attached hydrogens (tertiary/aromatic N) is 4. The van der Waals surface area contributed by atoms with Crippen LogP contribution in [-0.4, -0.2) is 46.6 Å². The molecule has 0 atom stereocenters. The van der Waals surface area contributed by atoms with Crippen molar-refractivity contribution in [2.75, 3.05) is 30.4 Å². The topological polar surface area (TPSA) is 70.5 Å². The Bertz CT molecular complexity index is 1070. The molecule has 5 rings (SSSR count). The molecule has 2 aliphatic heterocycles. The molecule has 8 heteroatoms. The van der Waals surface area contributed by atoms with Gasteiger partial charge in [-0.3, -0.25) is 9.59 Å². The standard InChI is InChI=1S/C20H19N5O2S/c1-23-7-6-13-11-14(4-5-15(13)20(23)27)24-8-9-25-18(24)12-17(22-25)21-19(26)16-3-2-10-28-16/h2-5,10-12H,6-9H2,1H3,(H,21,22,26). The molecule has 28 heavy (non-hydrogen) atoms. The van der Waals surface area contributed by atoms with E-state index < -0.39 is 0 Å². The first kappa shape index (κ1) is 17.0. The lowest BCUT2D eigenvalue weighted by atomic mass is 9.98. The van der Waals surface area contributed by atoms with Crippen LogP contribution in [-0.2, 0) is 13.0 Å². The van der Waals surface area contributed by atoms with Gasteiger partial charge >= 0.3 is 0 Å². The highest BCUT2D eigenvalue weighted by atomic mass is 32.1. The van der Waals surface area contributed by atoms with Gasteiger partial charge in [0.15, 0.2) is 5.82 Å². The fourth-order valence-electron chi connectivity index (χ4n) is 3.76. The number of rotatable bonds is 3. The second kappa shape index (κ2) is 6.49. The van der Waals surface area contributed by atoms with Crippen LogP contribution in [0.1, 0.15) is 25.6 Å². The van der Waals surface area contributed by atoms with Crippen molar-refractivity contribution < 1.29 is 9.59 Å². The van der Waals surface area contributed by atoms with Gasteiger partial charge in [-0.05, 0) is 41.6 Å². The molecule has 0 saturated carbocycles. The van der Waals surface area contributed by atoms with Gasteiger partial charge in [0.25, 0.3) is 11.8 Å². The molecular weight excluding hydrogens is 374 g/mol. The van der Waals surface area contributed by atoms with E-state index >= 15 is 0 Å². The Morgan fingerprint density at radius 3 is 2.89 bits per heavy atom. The van der Waals surface area contributed by atoms with E-state index in [4.69, 9.17) is 0 Å². The van der Waals surface area contributed by atoms with E-state index in [9.17, 15) is 9.59 Å². The summed E-state index contributed by atoms with van der Waals surface area (Å²) in [7, 11) is 1.84. The van der Waals surface area contributed by atoms with Gasteiger partial charge in [0, 0.05) is 37.5 Å². The van der Waals surface area contributed by atoms with E-state index in [1.165, 1.54) is 11.3 Å². The molecule has 2 aromatic heterocycles. The van der Waals surface area contributed by atoms with Crippen molar-refractivity contribution in [1.82, 2.24) is 14.7 Å². The third-order valence-corrected chi connectivity index (χ3v) is 6.12. The van der Waals surface area contributed by atoms with Crippen molar-refractivity contribution in [1.29, 1.82) is 0 Å². The van der Waals surface area contributed by atoms with Crippen molar-refractivity contribution in [3.8, 4) is 0 Å². The van der Waals surface area contributed by atoms with Crippen LogP contribution in [0.5, 0.6) is 0 Å². The van der Waals surface area contributed by atoms with Crippen LogP contribution in [0, 0.1) is 0 Å². The predicted octanol–water partition coefficient (Wildman–Crippen LogP) is 2.98. The van der Waals surface area contributed by atoms with Crippen LogP contribution in [0.2, 0.25) is 0 Å². The van der Waals surface area contributed by atoms with Crippen LogP contribution >= 0.6 is 11.3 Å². The molecule has 0 spiro atoms. The van der Waals surface area contributed by atoms with Crippen LogP contribution in [0.15, 0.2) is 41.8 Å². The van der Waals surface area contributed by atoms with Gasteiger partial charge in [-0.2, -0.15) is 5.10 Å². The molecule has 0 aliphatic carbocycles. The molecule has 0 radical (unpaired) electrons. The lowest BCUT2D eigenvalue weighted by molar-refractivity contribution is 0.0780. The minimum absolute atomic E-state index is 0.0813. The maximum absolute atomic E-state index is 12.3. The van der Waals surface area contributed by atoms with E-state index in [0.717, 1.165) is 48.7 Å². The van der Waals surface area contributed by atoms with E-state index in [2.05, 4.69) is 21.4 Å². The second-order valence-electron chi connectivity index (χ2n) is 7.01. The summed E-state index contributed by atoms with van der Waals surface area (Å²) < 4.78 is 1.91. The van der Waals surface area contributed by atoms with Crippen molar-refractivity contribution in [2.45, 2.75) is 13.0 Å². The SMILES string of the molecule is CN1CCc2cc(N3CCn4nc(NC(=O)c5cccs5)cc43)ccc2C1=O. The number of aromatic nitrogens is 2. The number of likely N-dealkylation sites (N-methyl/N-ethyl adjacent to an activating group) is 1. The average molecular weight is 393 g/mol. The van der Waals surface area contributed by atoms with Crippen LogP contribution in [0.3, 0.4) is 0 Å². The summed E-state index contributed by atoms with van der Waals surface area (Å²) in [6.45, 7) is 2.31. The molecule has 2 amide bonds. The lowest BCUT2D eigenvalue weighted by Crippen LogP contribution is -2.34. The van der Waals surface area contributed by atoms with Gasteiger partial charge in [0.2, 0.25) is 0 Å². The molecule has 1 aromatic carbocycles. The van der Waals surface area contributed by atoms with E-state index in [0.29, 0.717) is 10.7 Å². The molecule has 0 fully saturated rings. The molecule has 1 N–H and O–H groups in total. The zero-order valence-electron chi connectivity index (χ0n) is 15.4. The third kappa shape index (κ3) is 2.77. The fourth-order valence-corrected chi connectivity index (χ4v) is 4.38. The summed E-state index contributed by atoms with van der Waals surface area (Å²) in [5, 5.41) is 9.26. The van der Waals surface area contributed by atoms with Crippen LogP contribution < -0.4 is 10.2 Å². The van der Waals surface area contributed by atoms with Crippen molar-refractivity contribution in [3.05, 3.63) is 57.8 Å². The number of carbonyl (C=O) groups is 2. The maximum Gasteiger partial charge on any atom is 0.266 e. The Labute approximate surface area is 166 Å². The summed E-state index contributed by atoms with van der Waals surface area (Å²) in [4.78, 5) is 29.2. The first-order chi connectivity index (χ1) is 13.6. The van der Waals surface area contributed by atoms with Crippen molar-refractivity contribution in [2.24, 2.45) is 0 Å². The van der Waals surface area contributed by atoms with E-state index in [1.54, 1.807) is 11.0 Å². The fraction of sp³-hybridized carbons (Fsp3) is 0.250. The summed E-state index contributed by atoms with van der Waals surface area (Å²) in [6.07, 6.45) is 0.862. The Hall–Kier alpha value is -3.13. The summed E-state index contributed by atoms with van der Waals surface area (Å²) >= 11 is 1.40. The minimum atomic E-state index is -0.144. The van der Waals surface area contributed by atoms with Crippen molar-refractivity contribution in [3.63, 3.8) is 0 Å². The molecule has 3 aromatic rings. The molecule has 7 nitrogen and oxygen atoms in total. The number of amides is 2. The zero-order valence-corrected chi connectivity index (χ0v) is 16.2. The number of thiophene rings is 1. The summed E-state index contributed by atoms with van der Waals surface area (Å²) in [5.74, 6) is 1.43. The molecular formula is C20H19N5O2S. The molecule has 142 valence electrons. The number of hydrogen-bond acceptors (Lipinski definition) is 5. The molecule has 0 unspecified atom stereocenters. The molecule has 0 saturated heterocycles. The first-order valence-electron chi connectivity index (χ1n) is 9.19. The quantitative estimate of drug-likeness (QED) is 0.743. The highest BCUT2D eigenvalue weighted by molar-refractivity contribution is 7.12. The smallest absolute Gasteiger partial charge is 0.266 e. The molecule has 4 heterocycles. The highest BCUT2D eigenvalue weighted by Gasteiger charge is 2.26. The molecule has 2 aliphatic rings. The van der Waals surface area contributed by atoms with Gasteiger partial charge in [-0.1, -0.05) is 6.07 Å². The van der Waals surface area contributed by atoms with Gasteiger partial charge in [-0.15, -0.1) is 11.3 Å². The lowest BCUT2D eigenvalue weighted by Gasteiger charge is -2.26. The third-order valence-electron chi connectivity index (χ3n) is 5.25. The number of carbonyl (C=O) groups excluding carboxylic acids is 2. The van der Waals surface area contributed by atoms with Gasteiger partial charge in [-0.25, -0.2) is 4.68 Å². The van der Waals surface area contributed by atoms with Gasteiger partial charge in [0.1, 0.15) is 5.82 Å². The Kier molecular flexibility index (Phi) is 3.94. The number of benzene rings is 1. The van der Waals surface area contributed by atoms with Gasteiger partial charge < -0.3 is 15.1 Å². The zero-order chi connectivity index (χ0) is 19.3. The monoisotopic (exact) mass is 393 g/mol. The van der Waals surface area contributed by atoms with E-state index in [1.807, 2.05) is 41.4 Å². The second-order valence-corrected chi connectivity index (χ2v) is 7.96. The van der Waals surface area contributed by atoms with Crippen LogP contribution in [0.25, 0.3) is 0 Å². The Morgan fingerprint density at radius 1 is 1.18 bits per heavy atom. The number of nitrogens with one attached hydrogen (secondary N) is 1. The Morgan fingerprint density at radius 2 is 2.07 bits per heavy atom. The largest absolute Gasteiger partial charge is 0.341 e. The van der Waals surface area contributed by atoms with E-state index in [-0.39, 0.29) is 11.8 Å². The Balaban J connectivity index is 1.40. The maximum atomic E-state index is 12.3. The normalized spacial score (nSPS) is 15.5. The van der Waals surface area contributed by atoms with Crippen LogP contribution in [0.4, 0.5) is 17.3 Å². The average Bonchev–Trinajstić information content (AvgIpc) is 3.41. The summed E-state index contributed by atoms with van der Waals surface area (Å²) in [6, 6.07) is 11.6. The number of anilines is 3. The summed E-state index contributed by atoms with van der Waals surface area (Å²) in [5.41, 5.74) is 2.92. The van der Waals surface area contributed by atoms with Gasteiger partial charge in [0.05, 0.1) is 11.4 Å². The number of fused-ring (bicyclic) bond motifs is 2. The highest BCUT2D eigenvalue weighted by Crippen LogP contribution is 2.34. The molecule has 0 bridgehead atoms. The minimum Gasteiger partial charge on any atom is -0.341 e.